The number of benzene rings is 2. The zero-order chi connectivity index (χ0) is 20.7. The number of nitrogens with zero attached hydrogens (tertiary/aromatic N) is 1. The van der Waals surface area contributed by atoms with Gasteiger partial charge in [0.05, 0.1) is 21.1 Å². The molecule has 0 saturated heterocycles. The van der Waals surface area contributed by atoms with E-state index in [9.17, 15) is 9.59 Å². The van der Waals surface area contributed by atoms with Crippen LogP contribution in [0.3, 0.4) is 0 Å². The van der Waals surface area contributed by atoms with Gasteiger partial charge in [0.15, 0.2) is 0 Å². The van der Waals surface area contributed by atoms with Crippen molar-refractivity contribution in [2.45, 2.75) is 39.5 Å². The Morgan fingerprint density at radius 3 is 2.34 bits per heavy atom. The lowest BCUT2D eigenvalue weighted by Gasteiger charge is -2.12. The first-order valence-electron chi connectivity index (χ1n) is 9.79. The minimum absolute atomic E-state index is 0.0783. The van der Waals surface area contributed by atoms with Crippen LogP contribution < -0.4 is 5.32 Å². The third-order valence-electron chi connectivity index (χ3n) is 5.89. The molecule has 1 aliphatic rings. The van der Waals surface area contributed by atoms with Gasteiger partial charge in [-0.2, -0.15) is 0 Å². The number of hydrogen-bond donors (Lipinski definition) is 1. The van der Waals surface area contributed by atoms with Gasteiger partial charge < -0.3 is 5.32 Å². The molecule has 1 fully saturated rings. The number of fused-ring (bicyclic) bond motifs is 1. The number of hydrogen-bond acceptors (Lipinski definition) is 2. The van der Waals surface area contributed by atoms with Gasteiger partial charge in [-0.15, -0.1) is 0 Å². The van der Waals surface area contributed by atoms with Crippen LogP contribution >= 0.6 is 23.2 Å². The SMILES string of the molecule is Cc1c(C)n(C(=O)c2c(Cl)cccc2Cl)c2ccc(NC(=O)C3CCCC3)cc12. The van der Waals surface area contributed by atoms with Crippen molar-refractivity contribution in [1.82, 2.24) is 4.57 Å². The first-order chi connectivity index (χ1) is 13.9. The van der Waals surface area contributed by atoms with Gasteiger partial charge in [0.1, 0.15) is 0 Å². The fourth-order valence-electron chi connectivity index (χ4n) is 4.16. The second kappa shape index (κ2) is 7.85. The zero-order valence-electron chi connectivity index (χ0n) is 16.4. The molecule has 0 radical (unpaired) electrons. The average molecular weight is 429 g/mol. The molecule has 1 N–H and O–H groups in total. The summed E-state index contributed by atoms with van der Waals surface area (Å²) in [7, 11) is 0. The first-order valence-corrected chi connectivity index (χ1v) is 10.6. The number of carbonyl (C=O) groups excluding carboxylic acids is 2. The molecule has 0 bridgehead atoms. The standard InChI is InChI=1S/C23H22Cl2N2O2/c1-13-14(2)27(23(29)21-18(24)8-5-9-19(21)25)20-11-10-16(12-17(13)20)26-22(28)15-6-3-4-7-15/h5,8-12,15H,3-4,6-7H2,1-2H3,(H,26,28). The molecule has 1 saturated carbocycles. The van der Waals surface area contributed by atoms with Crippen molar-refractivity contribution in [2.75, 3.05) is 5.32 Å². The van der Waals surface area contributed by atoms with Crippen LogP contribution in [-0.2, 0) is 4.79 Å². The van der Waals surface area contributed by atoms with Crippen LogP contribution in [0.4, 0.5) is 5.69 Å². The van der Waals surface area contributed by atoms with Gasteiger partial charge in [0, 0.05) is 22.7 Å². The molecule has 2 aromatic carbocycles. The molecule has 1 heterocycles. The summed E-state index contributed by atoms with van der Waals surface area (Å²) in [5, 5.41) is 4.60. The average Bonchev–Trinajstić information content (AvgIpc) is 3.30. The van der Waals surface area contributed by atoms with Gasteiger partial charge >= 0.3 is 0 Å². The minimum Gasteiger partial charge on any atom is -0.326 e. The van der Waals surface area contributed by atoms with Gasteiger partial charge in [-0.25, -0.2) is 0 Å². The lowest BCUT2D eigenvalue weighted by Crippen LogP contribution is -2.20. The van der Waals surface area contributed by atoms with Crippen molar-refractivity contribution >= 4 is 51.6 Å². The summed E-state index contributed by atoms with van der Waals surface area (Å²) in [6.45, 7) is 3.87. The van der Waals surface area contributed by atoms with Crippen LogP contribution in [0.2, 0.25) is 10.0 Å². The number of aromatic nitrogens is 1. The molecule has 4 nitrogen and oxygen atoms in total. The second-order valence-electron chi connectivity index (χ2n) is 7.65. The Bertz CT molecular complexity index is 1110. The Morgan fingerprint density at radius 1 is 1.03 bits per heavy atom. The topological polar surface area (TPSA) is 51.1 Å². The maximum atomic E-state index is 13.3. The minimum atomic E-state index is -0.265. The van der Waals surface area contributed by atoms with Crippen LogP contribution in [0.15, 0.2) is 36.4 Å². The van der Waals surface area contributed by atoms with Gasteiger partial charge in [0.25, 0.3) is 5.91 Å². The molecule has 6 heteroatoms. The van der Waals surface area contributed by atoms with E-state index in [0.29, 0.717) is 10.0 Å². The highest BCUT2D eigenvalue weighted by Gasteiger charge is 2.24. The molecular weight excluding hydrogens is 407 g/mol. The molecule has 0 atom stereocenters. The summed E-state index contributed by atoms with van der Waals surface area (Å²) in [6.07, 6.45) is 4.14. The normalized spacial score (nSPS) is 14.5. The monoisotopic (exact) mass is 428 g/mol. The van der Waals surface area contributed by atoms with E-state index in [1.54, 1.807) is 22.8 Å². The fourth-order valence-corrected chi connectivity index (χ4v) is 4.72. The fraction of sp³-hybridized carbons (Fsp3) is 0.304. The Hall–Kier alpha value is -2.30. The number of amides is 1. The lowest BCUT2D eigenvalue weighted by atomic mass is 10.1. The van der Waals surface area contributed by atoms with E-state index < -0.39 is 0 Å². The molecule has 0 aliphatic heterocycles. The second-order valence-corrected chi connectivity index (χ2v) is 8.46. The Balaban J connectivity index is 1.74. The maximum Gasteiger partial charge on any atom is 0.265 e. The zero-order valence-corrected chi connectivity index (χ0v) is 17.9. The highest BCUT2D eigenvalue weighted by molar-refractivity contribution is 6.40. The summed E-state index contributed by atoms with van der Waals surface area (Å²) >= 11 is 12.5. The molecule has 150 valence electrons. The van der Waals surface area contributed by atoms with Gasteiger partial charge in [-0.3, -0.25) is 14.2 Å². The number of rotatable bonds is 3. The number of aryl methyl sites for hydroxylation is 1. The van der Waals surface area contributed by atoms with Gasteiger partial charge in [-0.1, -0.05) is 42.1 Å². The molecule has 0 unspecified atom stereocenters. The van der Waals surface area contributed by atoms with E-state index in [0.717, 1.165) is 53.5 Å². The molecule has 29 heavy (non-hydrogen) atoms. The lowest BCUT2D eigenvalue weighted by molar-refractivity contribution is -0.119. The molecule has 4 rings (SSSR count). The highest BCUT2D eigenvalue weighted by atomic mass is 35.5. The first kappa shape index (κ1) is 20.0. The van der Waals surface area contributed by atoms with Crippen molar-refractivity contribution < 1.29 is 9.59 Å². The molecule has 1 aliphatic carbocycles. The Labute approximate surface area is 179 Å². The van der Waals surface area contributed by atoms with E-state index >= 15 is 0 Å². The van der Waals surface area contributed by atoms with E-state index in [1.165, 1.54) is 0 Å². The summed E-state index contributed by atoms with van der Waals surface area (Å²) < 4.78 is 1.64. The van der Waals surface area contributed by atoms with Gasteiger partial charge in [-0.05, 0) is 62.6 Å². The van der Waals surface area contributed by atoms with Crippen LogP contribution in [0.5, 0.6) is 0 Å². The van der Waals surface area contributed by atoms with E-state index in [1.807, 2.05) is 32.0 Å². The van der Waals surface area contributed by atoms with Crippen molar-refractivity contribution in [3.63, 3.8) is 0 Å². The van der Waals surface area contributed by atoms with Crippen LogP contribution in [-0.4, -0.2) is 16.4 Å². The third kappa shape index (κ3) is 3.56. The van der Waals surface area contributed by atoms with Crippen molar-refractivity contribution in [1.29, 1.82) is 0 Å². The third-order valence-corrected chi connectivity index (χ3v) is 6.52. The maximum absolute atomic E-state index is 13.3. The molecular formula is C23H22Cl2N2O2. The number of nitrogens with one attached hydrogen (secondary N) is 1. The summed E-state index contributed by atoms with van der Waals surface area (Å²) in [4.78, 5) is 25.8. The number of halogens is 2. The molecule has 0 spiro atoms. The van der Waals surface area contributed by atoms with Crippen molar-refractivity contribution in [2.24, 2.45) is 5.92 Å². The Morgan fingerprint density at radius 2 is 1.69 bits per heavy atom. The molecule has 1 amide bonds. The molecule has 3 aromatic rings. The quantitative estimate of drug-likeness (QED) is 0.525. The van der Waals surface area contributed by atoms with E-state index in [-0.39, 0.29) is 23.3 Å². The smallest absolute Gasteiger partial charge is 0.265 e. The largest absolute Gasteiger partial charge is 0.326 e. The number of anilines is 1. The summed E-state index contributed by atoms with van der Waals surface area (Å²) in [5.74, 6) is -0.0874. The van der Waals surface area contributed by atoms with Crippen LogP contribution in [0.25, 0.3) is 10.9 Å². The van der Waals surface area contributed by atoms with Crippen molar-refractivity contribution in [3.8, 4) is 0 Å². The Kier molecular flexibility index (Phi) is 5.41. The van der Waals surface area contributed by atoms with Crippen LogP contribution in [0.1, 0.15) is 47.3 Å². The summed E-state index contributed by atoms with van der Waals surface area (Å²) in [5.41, 5.74) is 3.60. The van der Waals surface area contributed by atoms with Crippen LogP contribution in [0, 0.1) is 19.8 Å². The molecule has 1 aromatic heterocycles. The predicted molar refractivity (Wildman–Crippen MR) is 118 cm³/mol. The van der Waals surface area contributed by atoms with E-state index in [4.69, 9.17) is 23.2 Å². The van der Waals surface area contributed by atoms with Crippen molar-refractivity contribution in [3.05, 3.63) is 63.3 Å². The predicted octanol–water partition coefficient (Wildman–Crippen LogP) is 6.38. The van der Waals surface area contributed by atoms with Gasteiger partial charge in [0.2, 0.25) is 5.91 Å². The summed E-state index contributed by atoms with van der Waals surface area (Å²) in [6, 6.07) is 10.7. The van der Waals surface area contributed by atoms with E-state index in [2.05, 4.69) is 5.32 Å². The number of carbonyl (C=O) groups is 2. The highest BCUT2D eigenvalue weighted by Crippen LogP contribution is 2.32.